The maximum atomic E-state index is 14.1. The minimum Gasteiger partial charge on any atom is -0.480 e. The van der Waals surface area contributed by atoms with Gasteiger partial charge in [-0.3, -0.25) is 9.36 Å². The lowest BCUT2D eigenvalue weighted by Crippen LogP contribution is -2.47. The van der Waals surface area contributed by atoms with E-state index in [0.717, 1.165) is 43.3 Å². The van der Waals surface area contributed by atoms with Crippen LogP contribution in [0.3, 0.4) is 0 Å². The molecule has 1 aliphatic carbocycles. The number of anilines is 1. The van der Waals surface area contributed by atoms with Crippen LogP contribution in [0.5, 0.6) is 0 Å². The van der Waals surface area contributed by atoms with Gasteiger partial charge in [0.05, 0.1) is 22.3 Å². The molecule has 4 N–H and O–H groups in total. The summed E-state index contributed by atoms with van der Waals surface area (Å²) < 4.78 is 85.6. The number of unbranched alkanes of at least 4 members (excludes halogenated alkanes) is 1. The van der Waals surface area contributed by atoms with E-state index < -0.39 is 64.3 Å². The van der Waals surface area contributed by atoms with E-state index >= 15 is 0 Å². The van der Waals surface area contributed by atoms with E-state index in [9.17, 15) is 45.7 Å². The van der Waals surface area contributed by atoms with Crippen LogP contribution in [0.15, 0.2) is 52.3 Å². The number of alkyl halides is 3. The Kier molecular flexibility index (Phi) is 11.2. The van der Waals surface area contributed by atoms with Gasteiger partial charge in [-0.15, -0.1) is 0 Å². The van der Waals surface area contributed by atoms with Crippen molar-refractivity contribution in [3.8, 4) is 0 Å². The monoisotopic (exact) mass is 732 g/mol. The minimum absolute atomic E-state index is 0.0874. The third-order valence-electron chi connectivity index (χ3n) is 9.27. The molecule has 1 amide bonds. The summed E-state index contributed by atoms with van der Waals surface area (Å²) in [6.07, 6.45) is -1.42. The highest BCUT2D eigenvalue weighted by atomic mass is 32.2. The second kappa shape index (κ2) is 14.7. The summed E-state index contributed by atoms with van der Waals surface area (Å²) in [5.74, 6) is -1.63. The number of carboxylic acids is 1. The van der Waals surface area contributed by atoms with Gasteiger partial charge in [-0.25, -0.2) is 22.2 Å². The second-order valence-electron chi connectivity index (χ2n) is 12.7. The van der Waals surface area contributed by atoms with Gasteiger partial charge in [-0.1, -0.05) is 43.2 Å². The number of aliphatic carboxylic acids is 1. The Hall–Kier alpha value is -2.62. The van der Waals surface area contributed by atoms with E-state index in [4.69, 9.17) is 0 Å². The molecule has 48 heavy (non-hydrogen) atoms. The molecule has 2 heterocycles. The molecule has 0 radical (unpaired) electrons. The van der Waals surface area contributed by atoms with Crippen molar-refractivity contribution in [2.75, 3.05) is 24.7 Å². The normalized spacial score (nSPS) is 24.3. The molecule has 2 aromatic carbocycles. The SMILES string of the molecule is CN1Sc2cc(S(=O)(=O)NCc3ccccc3)c(C(F)(F)F)cc2NC1CCCCP(=O)(O)CC(=O)N1[C@@H]2CCCC[C@@H]2C[C@H]1C(=O)O. The molecule has 5 atom stereocenters. The largest absolute Gasteiger partial charge is 0.480 e. The van der Waals surface area contributed by atoms with Crippen LogP contribution >= 0.6 is 19.3 Å². The zero-order valence-corrected chi connectivity index (χ0v) is 28.9. The highest BCUT2D eigenvalue weighted by molar-refractivity contribution is 7.97. The maximum Gasteiger partial charge on any atom is 0.417 e. The summed E-state index contributed by atoms with van der Waals surface area (Å²) in [7, 11) is -6.76. The first-order chi connectivity index (χ1) is 22.6. The molecule has 2 aromatic rings. The third-order valence-corrected chi connectivity index (χ3v) is 13.6. The van der Waals surface area contributed by atoms with Crippen LogP contribution in [-0.2, 0) is 36.9 Å². The van der Waals surface area contributed by atoms with E-state index in [1.165, 1.54) is 4.90 Å². The Labute approximate surface area is 282 Å². The number of sulfonamides is 1. The van der Waals surface area contributed by atoms with Crippen molar-refractivity contribution in [3.05, 3.63) is 53.6 Å². The molecule has 264 valence electrons. The Balaban J connectivity index is 1.19. The van der Waals surface area contributed by atoms with E-state index in [-0.39, 0.29) is 36.8 Å². The Morgan fingerprint density at radius 2 is 1.83 bits per heavy atom. The molecule has 0 aromatic heterocycles. The Bertz CT molecular complexity index is 1670. The molecular weight excluding hydrogens is 692 g/mol. The summed E-state index contributed by atoms with van der Waals surface area (Å²) in [5.41, 5.74) is -0.589. The number of carbonyl (C=O) groups excluding carboxylic acids is 1. The first-order valence-corrected chi connectivity index (χ1v) is 20.2. The quantitative estimate of drug-likeness (QED) is 0.124. The Morgan fingerprint density at radius 3 is 2.52 bits per heavy atom. The number of carboxylic acid groups (broad SMARTS) is 1. The first kappa shape index (κ1) is 36.7. The lowest BCUT2D eigenvalue weighted by Gasteiger charge is -2.35. The van der Waals surface area contributed by atoms with Crippen molar-refractivity contribution < 1.29 is 45.7 Å². The van der Waals surface area contributed by atoms with Crippen molar-refractivity contribution in [3.63, 3.8) is 0 Å². The number of carbonyl (C=O) groups is 2. The number of fused-ring (bicyclic) bond motifs is 2. The molecule has 1 saturated heterocycles. The van der Waals surface area contributed by atoms with E-state index in [0.29, 0.717) is 36.1 Å². The fraction of sp³-hybridized carbons (Fsp3) is 0.548. The van der Waals surface area contributed by atoms with Crippen molar-refractivity contribution in [1.29, 1.82) is 0 Å². The number of rotatable bonds is 12. The molecule has 2 aliphatic heterocycles. The van der Waals surface area contributed by atoms with E-state index in [1.54, 1.807) is 41.7 Å². The summed E-state index contributed by atoms with van der Waals surface area (Å²) in [6.45, 7) is -0.179. The maximum absolute atomic E-state index is 14.1. The number of nitrogens with one attached hydrogen (secondary N) is 2. The van der Waals surface area contributed by atoms with Gasteiger partial charge < -0.3 is 20.2 Å². The molecule has 0 bridgehead atoms. The molecule has 0 spiro atoms. The highest BCUT2D eigenvalue weighted by Crippen LogP contribution is 2.47. The summed E-state index contributed by atoms with van der Waals surface area (Å²) in [5, 5.41) is 12.7. The van der Waals surface area contributed by atoms with Crippen molar-refractivity contribution in [1.82, 2.24) is 13.9 Å². The van der Waals surface area contributed by atoms with E-state index in [2.05, 4.69) is 10.0 Å². The van der Waals surface area contributed by atoms with Crippen LogP contribution in [0.25, 0.3) is 0 Å². The van der Waals surface area contributed by atoms with Gasteiger partial charge in [-0.05, 0) is 81.1 Å². The smallest absolute Gasteiger partial charge is 0.417 e. The van der Waals surface area contributed by atoms with Crippen LogP contribution in [0.4, 0.5) is 18.9 Å². The summed E-state index contributed by atoms with van der Waals surface area (Å²) >= 11 is 1.09. The topological polar surface area (TPSA) is 156 Å². The zero-order valence-electron chi connectivity index (χ0n) is 26.4. The molecule has 3 aliphatic rings. The van der Waals surface area contributed by atoms with Crippen LogP contribution in [-0.4, -0.2) is 77.1 Å². The number of amides is 1. The second-order valence-corrected chi connectivity index (χ2v) is 18.1. The van der Waals surface area contributed by atoms with Gasteiger partial charge in [0.1, 0.15) is 12.2 Å². The average molecular weight is 733 g/mol. The van der Waals surface area contributed by atoms with Crippen LogP contribution in [0, 0.1) is 5.92 Å². The molecular formula is C31H40F3N4O7PS2. The number of halogens is 3. The van der Waals surface area contributed by atoms with Gasteiger partial charge in [0.25, 0.3) is 0 Å². The summed E-state index contributed by atoms with van der Waals surface area (Å²) in [6, 6.07) is 9.04. The molecule has 11 nitrogen and oxygen atoms in total. The first-order valence-electron chi connectivity index (χ1n) is 15.9. The Morgan fingerprint density at radius 1 is 1.12 bits per heavy atom. The lowest BCUT2D eigenvalue weighted by atomic mass is 9.85. The molecule has 5 rings (SSSR count). The average Bonchev–Trinajstić information content (AvgIpc) is 3.42. The van der Waals surface area contributed by atoms with Gasteiger partial charge >= 0.3 is 12.1 Å². The molecule has 2 unspecified atom stereocenters. The predicted molar refractivity (Wildman–Crippen MR) is 175 cm³/mol. The van der Waals surface area contributed by atoms with E-state index in [1.807, 2.05) is 0 Å². The number of nitrogens with zero attached hydrogens (tertiary/aromatic N) is 2. The fourth-order valence-electron chi connectivity index (χ4n) is 6.90. The lowest BCUT2D eigenvalue weighted by molar-refractivity contribution is -0.148. The minimum atomic E-state index is -4.95. The van der Waals surface area contributed by atoms with Crippen molar-refractivity contribution >= 4 is 46.9 Å². The number of benzene rings is 2. The predicted octanol–water partition coefficient (Wildman–Crippen LogP) is 5.56. The number of hydrogen-bond acceptors (Lipinski definition) is 8. The highest BCUT2D eigenvalue weighted by Gasteiger charge is 2.48. The van der Waals surface area contributed by atoms with Gasteiger partial charge in [0.15, 0.2) is 0 Å². The third kappa shape index (κ3) is 8.56. The molecule has 17 heteroatoms. The molecule has 1 saturated carbocycles. The van der Waals surface area contributed by atoms with Crippen LogP contribution < -0.4 is 10.0 Å². The van der Waals surface area contributed by atoms with Crippen molar-refractivity contribution in [2.24, 2.45) is 5.92 Å². The van der Waals surface area contributed by atoms with Crippen molar-refractivity contribution in [2.45, 2.75) is 92.1 Å². The summed E-state index contributed by atoms with van der Waals surface area (Å²) in [4.78, 5) is 36.4. The number of likely N-dealkylation sites (tertiary alicyclic amines) is 1. The zero-order chi connectivity index (χ0) is 34.9. The van der Waals surface area contributed by atoms with Crippen LogP contribution in [0.2, 0.25) is 0 Å². The molecule has 2 fully saturated rings. The van der Waals surface area contributed by atoms with Crippen LogP contribution in [0.1, 0.15) is 62.5 Å². The standard InChI is InChI=1S/C31H40F3N4O7PS2/c1-37-28(13-7-8-14-46(42,43)19-29(39)38-24-12-6-5-11-21(24)15-25(38)30(40)41)36-23-16-22(31(32,33)34)27(17-26(23)47-37)48(44,45)35-18-20-9-3-2-4-10-20/h2-4,9-10,16-17,21,24-25,28,35-36H,5-8,11-15,18-19H2,1H3,(H,40,41)(H,42,43)/t21-,24-,25+,28?/m1/s1. The fourth-order valence-corrected chi connectivity index (χ4v) is 10.7. The van der Waals surface area contributed by atoms with Gasteiger partial charge in [0.2, 0.25) is 23.3 Å². The van der Waals surface area contributed by atoms with Gasteiger partial charge in [0, 0.05) is 23.6 Å². The number of hydrogen-bond donors (Lipinski definition) is 4. The van der Waals surface area contributed by atoms with Gasteiger partial charge in [-0.2, -0.15) is 13.2 Å².